The van der Waals surface area contributed by atoms with Crippen LogP contribution in [0.25, 0.3) is 10.2 Å². The summed E-state index contributed by atoms with van der Waals surface area (Å²) >= 11 is 1.90. The van der Waals surface area contributed by atoms with E-state index in [1.165, 1.54) is 46.3 Å². The summed E-state index contributed by atoms with van der Waals surface area (Å²) in [6.45, 7) is 9.69. The zero-order chi connectivity index (χ0) is 19.7. The molecular weight excluding hydrogens is 368 g/mol. The van der Waals surface area contributed by atoms with Crippen molar-refractivity contribution in [1.82, 2.24) is 14.9 Å². The Morgan fingerprint density at radius 2 is 1.82 bits per heavy atom. The minimum absolute atomic E-state index is 0.261. The van der Waals surface area contributed by atoms with Gasteiger partial charge in [0.05, 0.1) is 5.39 Å². The van der Waals surface area contributed by atoms with Gasteiger partial charge in [-0.1, -0.05) is 27.2 Å². The number of carbonyl (C=O) groups is 1. The number of thiophene rings is 1. The van der Waals surface area contributed by atoms with Gasteiger partial charge in [0.2, 0.25) is 5.91 Å². The number of amides is 1. The van der Waals surface area contributed by atoms with E-state index in [9.17, 15) is 4.79 Å². The molecule has 2 aliphatic rings. The molecule has 0 aromatic carbocycles. The molecule has 4 rings (SSSR count). The summed E-state index contributed by atoms with van der Waals surface area (Å²) in [6, 6.07) is 0. The highest BCUT2D eigenvalue weighted by atomic mass is 32.1. The van der Waals surface area contributed by atoms with E-state index in [2.05, 4.69) is 18.7 Å². The van der Waals surface area contributed by atoms with E-state index >= 15 is 0 Å². The van der Waals surface area contributed by atoms with Crippen LogP contribution in [0, 0.1) is 0 Å². The number of nitrogens with zero attached hydrogens (tertiary/aromatic N) is 4. The van der Waals surface area contributed by atoms with E-state index in [1.54, 1.807) is 0 Å². The van der Waals surface area contributed by atoms with Gasteiger partial charge >= 0.3 is 0 Å². The van der Waals surface area contributed by atoms with Gasteiger partial charge in [-0.05, 0) is 37.7 Å². The molecule has 2 aromatic rings. The average Bonchev–Trinajstić information content (AvgIpc) is 2.92. The van der Waals surface area contributed by atoms with Crippen LogP contribution in [0.1, 0.15) is 75.1 Å². The Balaban J connectivity index is 1.75. The summed E-state index contributed by atoms with van der Waals surface area (Å²) in [5.74, 6) is 2.74. The molecule has 0 radical (unpaired) electrons. The lowest BCUT2D eigenvalue weighted by molar-refractivity contribution is -0.131. The van der Waals surface area contributed by atoms with Gasteiger partial charge in [0.15, 0.2) is 0 Å². The first-order chi connectivity index (χ1) is 13.6. The van der Waals surface area contributed by atoms with Gasteiger partial charge < -0.3 is 9.80 Å². The Hall–Kier alpha value is -1.69. The summed E-state index contributed by atoms with van der Waals surface area (Å²) in [6.07, 6.45) is 7.86. The molecule has 0 bridgehead atoms. The van der Waals surface area contributed by atoms with Crippen molar-refractivity contribution >= 4 is 33.3 Å². The number of fused-ring (bicyclic) bond motifs is 3. The number of hydrogen-bond donors (Lipinski definition) is 0. The van der Waals surface area contributed by atoms with Crippen LogP contribution >= 0.6 is 11.3 Å². The molecule has 1 unspecified atom stereocenters. The minimum Gasteiger partial charge on any atom is -0.352 e. The first-order valence-corrected chi connectivity index (χ1v) is 11.8. The predicted octanol–water partition coefficient (Wildman–Crippen LogP) is 4.53. The second-order valence-corrected chi connectivity index (χ2v) is 9.26. The van der Waals surface area contributed by atoms with Crippen molar-refractivity contribution in [3.05, 3.63) is 16.3 Å². The molecule has 1 fully saturated rings. The maximum Gasteiger partial charge on any atom is 0.222 e. The highest BCUT2D eigenvalue weighted by Crippen LogP contribution is 2.40. The third kappa shape index (κ3) is 3.63. The van der Waals surface area contributed by atoms with Crippen LogP contribution in [0.15, 0.2) is 0 Å². The molecule has 28 heavy (non-hydrogen) atoms. The standard InChI is InChI=1S/C22H32N4OS/c1-4-15(3)20-23-21(26-13-11-25(12-14-26)18(27)5-2)19-16-9-7-6-8-10-17(16)28-22(19)24-20/h15H,4-14H2,1-3H3. The number of aromatic nitrogens is 2. The van der Waals surface area contributed by atoms with Gasteiger partial charge in [-0.15, -0.1) is 11.3 Å². The molecule has 152 valence electrons. The van der Waals surface area contributed by atoms with Crippen LogP contribution in [0.2, 0.25) is 0 Å². The topological polar surface area (TPSA) is 49.3 Å². The zero-order valence-electron chi connectivity index (χ0n) is 17.5. The number of piperazine rings is 1. The molecule has 1 aliphatic carbocycles. The van der Waals surface area contributed by atoms with Crippen molar-refractivity contribution in [3.8, 4) is 0 Å². The molecule has 1 amide bonds. The monoisotopic (exact) mass is 400 g/mol. The summed E-state index contributed by atoms with van der Waals surface area (Å²) in [5.41, 5.74) is 1.51. The molecule has 1 saturated heterocycles. The first-order valence-electron chi connectivity index (χ1n) is 11.0. The predicted molar refractivity (Wildman–Crippen MR) is 116 cm³/mol. The van der Waals surface area contributed by atoms with Crippen molar-refractivity contribution < 1.29 is 4.79 Å². The summed E-state index contributed by atoms with van der Waals surface area (Å²) in [5, 5.41) is 1.31. The number of carbonyl (C=O) groups excluding carboxylic acids is 1. The molecule has 6 heteroatoms. The van der Waals surface area contributed by atoms with Crippen molar-refractivity contribution in [1.29, 1.82) is 0 Å². The molecule has 0 saturated carbocycles. The fourth-order valence-electron chi connectivity index (χ4n) is 4.35. The number of anilines is 1. The highest BCUT2D eigenvalue weighted by molar-refractivity contribution is 7.19. The average molecular weight is 401 g/mol. The van der Waals surface area contributed by atoms with E-state index in [1.807, 2.05) is 23.2 Å². The number of hydrogen-bond acceptors (Lipinski definition) is 5. The van der Waals surface area contributed by atoms with E-state index in [0.29, 0.717) is 12.3 Å². The second kappa shape index (κ2) is 8.36. The van der Waals surface area contributed by atoms with Gasteiger partial charge in [0, 0.05) is 43.4 Å². The molecule has 1 aliphatic heterocycles. The summed E-state index contributed by atoms with van der Waals surface area (Å²) in [4.78, 5) is 29.3. The molecule has 2 aromatic heterocycles. The lowest BCUT2D eigenvalue weighted by atomic mass is 10.1. The highest BCUT2D eigenvalue weighted by Gasteiger charge is 2.27. The normalized spacial score (nSPS) is 18.8. The maximum atomic E-state index is 12.1. The van der Waals surface area contributed by atoms with Crippen molar-refractivity contribution in [2.24, 2.45) is 0 Å². The lowest BCUT2D eigenvalue weighted by Gasteiger charge is -2.36. The fourth-order valence-corrected chi connectivity index (χ4v) is 5.62. The molecule has 5 nitrogen and oxygen atoms in total. The van der Waals surface area contributed by atoms with Crippen LogP contribution < -0.4 is 4.90 Å². The summed E-state index contributed by atoms with van der Waals surface area (Å²) in [7, 11) is 0. The van der Waals surface area contributed by atoms with Crippen LogP contribution in [0.4, 0.5) is 5.82 Å². The Morgan fingerprint density at radius 3 is 2.54 bits per heavy atom. The SMILES string of the molecule is CCC(=O)N1CCN(c2nc(C(C)CC)nc3sc4c(c23)CCCCC4)CC1. The zero-order valence-corrected chi connectivity index (χ0v) is 18.3. The van der Waals surface area contributed by atoms with Crippen molar-refractivity contribution in [3.63, 3.8) is 0 Å². The van der Waals surface area contributed by atoms with Gasteiger partial charge in [-0.2, -0.15) is 0 Å². The van der Waals surface area contributed by atoms with E-state index in [4.69, 9.17) is 9.97 Å². The van der Waals surface area contributed by atoms with Crippen LogP contribution in [-0.2, 0) is 17.6 Å². The van der Waals surface area contributed by atoms with Crippen LogP contribution in [0.5, 0.6) is 0 Å². The van der Waals surface area contributed by atoms with Crippen LogP contribution in [-0.4, -0.2) is 47.0 Å². The Labute approximate surface area is 172 Å². The first kappa shape index (κ1) is 19.6. The smallest absolute Gasteiger partial charge is 0.222 e. The molecule has 0 spiro atoms. The minimum atomic E-state index is 0.261. The van der Waals surface area contributed by atoms with Gasteiger partial charge in [-0.3, -0.25) is 4.79 Å². The van der Waals surface area contributed by atoms with Gasteiger partial charge in [0.25, 0.3) is 0 Å². The Kier molecular flexibility index (Phi) is 5.85. The van der Waals surface area contributed by atoms with Crippen LogP contribution in [0.3, 0.4) is 0 Å². The molecular formula is C22H32N4OS. The number of aryl methyl sites for hydroxylation is 2. The van der Waals surface area contributed by atoms with Crippen molar-refractivity contribution in [2.75, 3.05) is 31.1 Å². The third-order valence-electron chi connectivity index (χ3n) is 6.35. The fraction of sp³-hybridized carbons (Fsp3) is 0.682. The van der Waals surface area contributed by atoms with Gasteiger partial charge in [-0.25, -0.2) is 9.97 Å². The molecule has 0 N–H and O–H groups in total. The van der Waals surface area contributed by atoms with E-state index < -0.39 is 0 Å². The maximum absolute atomic E-state index is 12.1. The third-order valence-corrected chi connectivity index (χ3v) is 7.54. The van der Waals surface area contributed by atoms with E-state index in [-0.39, 0.29) is 5.91 Å². The Bertz CT molecular complexity index is 854. The summed E-state index contributed by atoms with van der Waals surface area (Å²) < 4.78 is 0. The van der Waals surface area contributed by atoms with Crippen molar-refractivity contribution in [2.45, 2.75) is 71.6 Å². The largest absolute Gasteiger partial charge is 0.352 e. The lowest BCUT2D eigenvalue weighted by Crippen LogP contribution is -2.49. The Morgan fingerprint density at radius 1 is 1.07 bits per heavy atom. The number of rotatable bonds is 4. The molecule has 3 heterocycles. The van der Waals surface area contributed by atoms with E-state index in [0.717, 1.165) is 50.7 Å². The quantitative estimate of drug-likeness (QED) is 0.708. The second-order valence-electron chi connectivity index (χ2n) is 8.18. The molecule has 1 atom stereocenters. The van der Waals surface area contributed by atoms with Gasteiger partial charge in [0.1, 0.15) is 16.5 Å².